The fourth-order valence-electron chi connectivity index (χ4n) is 2.62. The van der Waals surface area contributed by atoms with Gasteiger partial charge >= 0.3 is 0 Å². The van der Waals surface area contributed by atoms with Crippen LogP contribution in [0.3, 0.4) is 0 Å². The molecule has 1 saturated carbocycles. The largest absolute Gasteiger partial charge is 0.497 e. The minimum Gasteiger partial charge on any atom is -0.497 e. The molecule has 1 aromatic heterocycles. The molecule has 1 aliphatic carbocycles. The number of nitrogens with one attached hydrogen (secondary N) is 2. The second-order valence-electron chi connectivity index (χ2n) is 6.26. The van der Waals surface area contributed by atoms with Crippen molar-refractivity contribution in [2.75, 3.05) is 7.11 Å². The van der Waals surface area contributed by atoms with E-state index in [0.717, 1.165) is 31.1 Å². The number of methoxy groups -OCH3 is 1. The number of aromatic amines is 1. The zero-order valence-corrected chi connectivity index (χ0v) is 13.4. The molecule has 0 amide bonds. The molecule has 1 fully saturated rings. The number of nitrogens with zero attached hydrogens (tertiary/aromatic N) is 1. The maximum absolute atomic E-state index is 5.18. The molecule has 4 nitrogen and oxygen atoms in total. The van der Waals surface area contributed by atoms with E-state index in [0.29, 0.717) is 6.04 Å². The number of rotatable bonds is 8. The van der Waals surface area contributed by atoms with Crippen LogP contribution in [0.4, 0.5) is 0 Å². The SMILES string of the molecule is COc1ccc(CC[C@H](C)NCc2cc(C3CC3)n[nH]2)cc1. The van der Waals surface area contributed by atoms with Gasteiger partial charge in [-0.25, -0.2) is 0 Å². The second-order valence-corrected chi connectivity index (χ2v) is 6.26. The molecule has 0 spiro atoms. The van der Waals surface area contributed by atoms with E-state index in [4.69, 9.17) is 4.74 Å². The monoisotopic (exact) mass is 299 g/mol. The summed E-state index contributed by atoms with van der Waals surface area (Å²) >= 11 is 0. The molecule has 1 aromatic carbocycles. The average molecular weight is 299 g/mol. The van der Waals surface area contributed by atoms with Crippen molar-refractivity contribution >= 4 is 0 Å². The molecule has 118 valence electrons. The first kappa shape index (κ1) is 15.1. The van der Waals surface area contributed by atoms with Gasteiger partial charge in [-0.1, -0.05) is 12.1 Å². The summed E-state index contributed by atoms with van der Waals surface area (Å²) in [7, 11) is 1.70. The van der Waals surface area contributed by atoms with Gasteiger partial charge in [0.15, 0.2) is 0 Å². The summed E-state index contributed by atoms with van der Waals surface area (Å²) in [6, 6.07) is 11.0. The number of aromatic nitrogens is 2. The lowest BCUT2D eigenvalue weighted by atomic mass is 10.1. The Morgan fingerprint density at radius 3 is 2.77 bits per heavy atom. The fourth-order valence-corrected chi connectivity index (χ4v) is 2.62. The maximum atomic E-state index is 5.18. The highest BCUT2D eigenvalue weighted by Gasteiger charge is 2.25. The van der Waals surface area contributed by atoms with Gasteiger partial charge in [0, 0.05) is 24.2 Å². The highest BCUT2D eigenvalue weighted by Crippen LogP contribution is 2.38. The van der Waals surface area contributed by atoms with Gasteiger partial charge in [-0.05, 0) is 56.4 Å². The number of H-pyrrole nitrogens is 1. The van der Waals surface area contributed by atoms with Crippen molar-refractivity contribution in [3.05, 3.63) is 47.3 Å². The first-order valence-corrected chi connectivity index (χ1v) is 8.15. The Bertz CT molecular complexity index is 587. The van der Waals surface area contributed by atoms with Crippen molar-refractivity contribution in [2.24, 2.45) is 0 Å². The number of benzene rings is 1. The number of hydrogen-bond acceptors (Lipinski definition) is 3. The summed E-state index contributed by atoms with van der Waals surface area (Å²) in [5.41, 5.74) is 3.79. The van der Waals surface area contributed by atoms with Crippen molar-refractivity contribution in [1.29, 1.82) is 0 Å². The molecule has 0 unspecified atom stereocenters. The van der Waals surface area contributed by atoms with Crippen LogP contribution in [-0.4, -0.2) is 23.3 Å². The van der Waals surface area contributed by atoms with Crippen LogP contribution in [0, 0.1) is 0 Å². The van der Waals surface area contributed by atoms with E-state index in [1.165, 1.54) is 29.8 Å². The van der Waals surface area contributed by atoms with E-state index >= 15 is 0 Å². The molecule has 0 bridgehead atoms. The molecule has 0 radical (unpaired) electrons. The van der Waals surface area contributed by atoms with Gasteiger partial charge in [-0.15, -0.1) is 0 Å². The minimum atomic E-state index is 0.481. The zero-order valence-electron chi connectivity index (χ0n) is 13.4. The van der Waals surface area contributed by atoms with Crippen LogP contribution in [-0.2, 0) is 13.0 Å². The summed E-state index contributed by atoms with van der Waals surface area (Å²) in [4.78, 5) is 0. The van der Waals surface area contributed by atoms with Gasteiger partial charge in [-0.3, -0.25) is 5.10 Å². The molecule has 4 heteroatoms. The van der Waals surface area contributed by atoms with Crippen molar-refractivity contribution in [3.63, 3.8) is 0 Å². The van der Waals surface area contributed by atoms with Crippen LogP contribution in [0.25, 0.3) is 0 Å². The molecule has 2 aromatic rings. The molecule has 3 rings (SSSR count). The van der Waals surface area contributed by atoms with Crippen LogP contribution < -0.4 is 10.1 Å². The third-order valence-electron chi connectivity index (χ3n) is 4.31. The quantitative estimate of drug-likeness (QED) is 0.785. The third kappa shape index (κ3) is 4.10. The lowest BCUT2D eigenvalue weighted by Crippen LogP contribution is -2.26. The molecular weight excluding hydrogens is 274 g/mol. The first-order chi connectivity index (χ1) is 10.7. The van der Waals surface area contributed by atoms with Crippen molar-refractivity contribution < 1.29 is 4.74 Å². The zero-order chi connectivity index (χ0) is 15.4. The molecular formula is C18H25N3O. The highest BCUT2D eigenvalue weighted by atomic mass is 16.5. The standard InChI is InChI=1S/C18H25N3O/c1-13(3-4-14-5-9-17(22-2)10-6-14)19-12-16-11-18(21-20-16)15-7-8-15/h5-6,9-11,13,15,19H,3-4,7-8,12H2,1-2H3,(H,20,21)/t13-/m0/s1. The number of hydrogen-bond donors (Lipinski definition) is 2. The van der Waals surface area contributed by atoms with Crippen LogP contribution in [0.5, 0.6) is 5.75 Å². The Hall–Kier alpha value is -1.81. The predicted octanol–water partition coefficient (Wildman–Crippen LogP) is 3.41. The molecule has 1 atom stereocenters. The van der Waals surface area contributed by atoms with Gasteiger partial charge in [0.1, 0.15) is 5.75 Å². The Labute approximate surface area is 132 Å². The summed E-state index contributed by atoms with van der Waals surface area (Å²) in [6.45, 7) is 3.10. The summed E-state index contributed by atoms with van der Waals surface area (Å²) < 4.78 is 5.18. The predicted molar refractivity (Wildman–Crippen MR) is 88.2 cm³/mol. The minimum absolute atomic E-state index is 0.481. The van der Waals surface area contributed by atoms with Gasteiger partial charge in [0.25, 0.3) is 0 Å². The maximum Gasteiger partial charge on any atom is 0.118 e. The number of ether oxygens (including phenoxy) is 1. The van der Waals surface area contributed by atoms with E-state index in [1.807, 2.05) is 12.1 Å². The van der Waals surface area contributed by atoms with Crippen LogP contribution in [0.1, 0.15) is 49.1 Å². The fraction of sp³-hybridized carbons (Fsp3) is 0.500. The van der Waals surface area contributed by atoms with Crippen molar-refractivity contribution in [1.82, 2.24) is 15.5 Å². The lowest BCUT2D eigenvalue weighted by molar-refractivity contribution is 0.414. The van der Waals surface area contributed by atoms with E-state index in [1.54, 1.807) is 7.11 Å². The summed E-state index contributed by atoms with van der Waals surface area (Å²) in [6.07, 6.45) is 4.80. The molecule has 0 saturated heterocycles. The molecule has 22 heavy (non-hydrogen) atoms. The Balaban J connectivity index is 1.40. The van der Waals surface area contributed by atoms with Crippen LogP contribution >= 0.6 is 0 Å². The molecule has 2 N–H and O–H groups in total. The van der Waals surface area contributed by atoms with E-state index in [-0.39, 0.29) is 0 Å². The topological polar surface area (TPSA) is 49.9 Å². The Kier molecular flexibility index (Phi) is 4.78. The second kappa shape index (κ2) is 6.97. The Morgan fingerprint density at radius 2 is 2.09 bits per heavy atom. The third-order valence-corrected chi connectivity index (χ3v) is 4.31. The van der Waals surface area contributed by atoms with Gasteiger partial charge < -0.3 is 10.1 Å². The smallest absolute Gasteiger partial charge is 0.118 e. The van der Waals surface area contributed by atoms with Crippen molar-refractivity contribution in [2.45, 2.75) is 51.1 Å². The van der Waals surface area contributed by atoms with E-state index in [2.05, 4.69) is 40.6 Å². The molecule has 1 heterocycles. The first-order valence-electron chi connectivity index (χ1n) is 8.15. The van der Waals surface area contributed by atoms with E-state index < -0.39 is 0 Å². The van der Waals surface area contributed by atoms with E-state index in [9.17, 15) is 0 Å². The van der Waals surface area contributed by atoms with Crippen LogP contribution in [0.2, 0.25) is 0 Å². The van der Waals surface area contributed by atoms with Gasteiger partial charge in [0.05, 0.1) is 12.8 Å². The van der Waals surface area contributed by atoms with Crippen LogP contribution in [0.15, 0.2) is 30.3 Å². The van der Waals surface area contributed by atoms with Crippen molar-refractivity contribution in [3.8, 4) is 5.75 Å². The summed E-state index contributed by atoms with van der Waals surface area (Å²) in [5.74, 6) is 1.64. The summed E-state index contributed by atoms with van der Waals surface area (Å²) in [5, 5.41) is 11.1. The number of aryl methyl sites for hydroxylation is 1. The normalized spacial score (nSPS) is 15.7. The lowest BCUT2D eigenvalue weighted by Gasteiger charge is -2.13. The van der Waals surface area contributed by atoms with Gasteiger partial charge in [-0.2, -0.15) is 5.10 Å². The average Bonchev–Trinajstić information content (AvgIpc) is 3.30. The Morgan fingerprint density at radius 1 is 1.32 bits per heavy atom. The molecule has 0 aliphatic heterocycles. The molecule has 1 aliphatic rings. The van der Waals surface area contributed by atoms with Gasteiger partial charge in [0.2, 0.25) is 0 Å². The highest BCUT2D eigenvalue weighted by molar-refractivity contribution is 5.27.